The van der Waals surface area contributed by atoms with Crippen LogP contribution in [0.25, 0.3) is 11.1 Å². The zero-order valence-corrected chi connectivity index (χ0v) is 17.0. The highest BCUT2D eigenvalue weighted by molar-refractivity contribution is 6.07. The molecule has 0 saturated carbocycles. The van der Waals surface area contributed by atoms with Crippen molar-refractivity contribution in [1.82, 2.24) is 4.98 Å². The summed E-state index contributed by atoms with van der Waals surface area (Å²) >= 11 is 0. The molecular weight excluding hydrogens is 438 g/mol. The Bertz CT molecular complexity index is 1330. The summed E-state index contributed by atoms with van der Waals surface area (Å²) in [4.78, 5) is 48.3. The van der Waals surface area contributed by atoms with Crippen LogP contribution >= 0.6 is 0 Å². The maximum Gasteiger partial charge on any atom is 0.342 e. The molecule has 3 rings (SSSR count). The lowest BCUT2D eigenvalue weighted by molar-refractivity contribution is -0.385. The van der Waals surface area contributed by atoms with Crippen LogP contribution in [0.1, 0.15) is 26.3 Å². The van der Waals surface area contributed by atoms with E-state index in [4.69, 9.17) is 15.2 Å². The predicted octanol–water partition coefficient (Wildman–Crippen LogP) is 2.52. The molecule has 0 aliphatic carbocycles. The Morgan fingerprint density at radius 2 is 1.76 bits per heavy atom. The number of nitrogens with two attached hydrogens (primary N) is 1. The van der Waals surface area contributed by atoms with E-state index in [1.54, 1.807) is 6.07 Å². The lowest BCUT2D eigenvalue weighted by Crippen LogP contribution is -2.24. The number of nitro groups is 1. The molecule has 0 fully saturated rings. The van der Waals surface area contributed by atoms with Gasteiger partial charge in [0.2, 0.25) is 0 Å². The number of nitrogens with one attached hydrogen (secondary N) is 1. The van der Waals surface area contributed by atoms with Gasteiger partial charge in [-0.05, 0) is 23.8 Å². The van der Waals surface area contributed by atoms with Crippen molar-refractivity contribution in [2.24, 2.45) is 0 Å². The van der Waals surface area contributed by atoms with E-state index in [2.05, 4.69) is 0 Å². The third-order valence-electron chi connectivity index (χ3n) is 4.70. The second kappa shape index (κ2) is 9.09. The largest absolute Gasteiger partial charge is 0.493 e. The molecule has 170 valence electrons. The minimum atomic E-state index is -1.65. The highest BCUT2D eigenvalue weighted by Crippen LogP contribution is 2.36. The van der Waals surface area contributed by atoms with Crippen LogP contribution in [0.15, 0.2) is 47.3 Å². The standard InChI is InChI=1S/C21H17N3O9/c1-32-14-8-10(15-16(20(26)27)18(22)23-19(25)17(15)21(28)29)6-7-13(14)33-9-11-4-2-3-5-12(11)24(30)31/h2-8H,9H2,1H3,(H,26,27)(H,28,29)(H3,22,23,25). The molecule has 0 saturated heterocycles. The number of nitrogens with zero attached hydrogens (tertiary/aromatic N) is 1. The van der Waals surface area contributed by atoms with Gasteiger partial charge in [0.25, 0.3) is 11.2 Å². The molecule has 5 N–H and O–H groups in total. The van der Waals surface area contributed by atoms with Crippen LogP contribution < -0.4 is 20.8 Å². The SMILES string of the molecule is COc1cc(-c2c(C(=O)O)c(N)[nH]c(=O)c2C(=O)O)ccc1OCc1ccccc1[N+](=O)[O-]. The summed E-state index contributed by atoms with van der Waals surface area (Å²) < 4.78 is 10.9. The Kier molecular flexibility index (Phi) is 6.29. The van der Waals surface area contributed by atoms with Gasteiger partial charge in [0.15, 0.2) is 11.5 Å². The molecule has 12 heteroatoms. The van der Waals surface area contributed by atoms with Crippen LogP contribution in [0, 0.1) is 10.1 Å². The molecule has 0 unspecified atom stereocenters. The minimum Gasteiger partial charge on any atom is -0.493 e. The van der Waals surface area contributed by atoms with Crippen LogP contribution in [-0.2, 0) is 6.61 Å². The van der Waals surface area contributed by atoms with Gasteiger partial charge in [0.1, 0.15) is 23.6 Å². The average Bonchev–Trinajstić information content (AvgIpc) is 2.76. The Balaban J connectivity index is 2.09. The number of carboxylic acid groups (broad SMARTS) is 2. The van der Waals surface area contributed by atoms with Crippen LogP contribution in [0.2, 0.25) is 0 Å². The number of nitro benzene ring substituents is 1. The number of benzene rings is 2. The summed E-state index contributed by atoms with van der Waals surface area (Å²) in [5.74, 6) is -3.49. The molecule has 0 radical (unpaired) electrons. The third-order valence-corrected chi connectivity index (χ3v) is 4.70. The minimum absolute atomic E-state index is 0.0255. The highest BCUT2D eigenvalue weighted by atomic mass is 16.6. The molecule has 1 aromatic heterocycles. The average molecular weight is 455 g/mol. The van der Waals surface area contributed by atoms with Crippen molar-refractivity contribution in [2.75, 3.05) is 12.8 Å². The normalized spacial score (nSPS) is 10.5. The molecule has 0 amide bonds. The monoisotopic (exact) mass is 455 g/mol. The van der Waals surface area contributed by atoms with Gasteiger partial charge >= 0.3 is 11.9 Å². The first-order chi connectivity index (χ1) is 15.6. The number of carboxylic acids is 2. The number of aromatic amines is 1. The van der Waals surface area contributed by atoms with E-state index in [1.165, 1.54) is 43.5 Å². The van der Waals surface area contributed by atoms with Gasteiger partial charge < -0.3 is 30.4 Å². The Hall–Kier alpha value is -4.87. The van der Waals surface area contributed by atoms with Crippen LogP contribution in [-0.4, -0.2) is 39.2 Å². The molecule has 0 aliphatic heterocycles. The summed E-state index contributed by atoms with van der Waals surface area (Å²) in [6.07, 6.45) is 0. The molecule has 12 nitrogen and oxygen atoms in total. The predicted molar refractivity (Wildman–Crippen MR) is 115 cm³/mol. The summed E-state index contributed by atoms with van der Waals surface area (Å²) in [7, 11) is 1.29. The number of anilines is 1. The molecule has 3 aromatic rings. The number of rotatable bonds is 8. The molecule has 2 aromatic carbocycles. The number of methoxy groups -OCH3 is 1. The second-order valence-electron chi connectivity index (χ2n) is 6.64. The first kappa shape index (κ1) is 22.8. The van der Waals surface area contributed by atoms with Crippen molar-refractivity contribution < 1.29 is 34.2 Å². The van der Waals surface area contributed by atoms with E-state index >= 15 is 0 Å². The maximum absolute atomic E-state index is 12.2. The number of aromatic carboxylic acids is 2. The fraction of sp³-hybridized carbons (Fsp3) is 0.0952. The molecule has 0 bridgehead atoms. The fourth-order valence-corrected chi connectivity index (χ4v) is 3.24. The van der Waals surface area contributed by atoms with Crippen molar-refractivity contribution in [3.63, 3.8) is 0 Å². The topological polar surface area (TPSA) is 195 Å². The van der Waals surface area contributed by atoms with Gasteiger partial charge in [-0.2, -0.15) is 0 Å². The van der Waals surface area contributed by atoms with Gasteiger partial charge in [-0.15, -0.1) is 0 Å². The number of H-pyrrole nitrogens is 1. The maximum atomic E-state index is 12.2. The third kappa shape index (κ3) is 4.44. The number of carbonyl (C=O) groups is 2. The van der Waals surface area contributed by atoms with E-state index < -0.39 is 44.9 Å². The fourth-order valence-electron chi connectivity index (χ4n) is 3.24. The Labute approximate surface area is 185 Å². The van der Waals surface area contributed by atoms with E-state index in [0.717, 1.165) is 0 Å². The van der Waals surface area contributed by atoms with Crippen molar-refractivity contribution in [3.8, 4) is 22.6 Å². The van der Waals surface area contributed by atoms with E-state index in [9.17, 15) is 34.7 Å². The second-order valence-corrected chi connectivity index (χ2v) is 6.64. The summed E-state index contributed by atoms with van der Waals surface area (Å²) in [6.45, 7) is -0.175. The van der Waals surface area contributed by atoms with Crippen molar-refractivity contribution >= 4 is 23.4 Å². The van der Waals surface area contributed by atoms with E-state index in [0.29, 0.717) is 5.56 Å². The summed E-state index contributed by atoms with van der Waals surface area (Å²) in [5.41, 5.74) is 2.95. The quantitative estimate of drug-likeness (QED) is 0.289. The summed E-state index contributed by atoms with van der Waals surface area (Å²) in [6, 6.07) is 9.95. The highest BCUT2D eigenvalue weighted by Gasteiger charge is 2.27. The number of para-hydroxylation sites is 1. The molecule has 33 heavy (non-hydrogen) atoms. The van der Waals surface area contributed by atoms with Crippen LogP contribution in [0.3, 0.4) is 0 Å². The van der Waals surface area contributed by atoms with Crippen molar-refractivity contribution in [1.29, 1.82) is 0 Å². The number of aromatic nitrogens is 1. The van der Waals surface area contributed by atoms with Gasteiger partial charge in [0, 0.05) is 11.6 Å². The number of nitrogen functional groups attached to an aromatic ring is 1. The number of pyridine rings is 1. The smallest absolute Gasteiger partial charge is 0.342 e. The summed E-state index contributed by atoms with van der Waals surface area (Å²) in [5, 5.41) is 30.2. The van der Waals surface area contributed by atoms with Gasteiger partial charge in [-0.3, -0.25) is 14.9 Å². The van der Waals surface area contributed by atoms with Gasteiger partial charge in [-0.1, -0.05) is 18.2 Å². The molecule has 0 atom stereocenters. The lowest BCUT2D eigenvalue weighted by Gasteiger charge is -2.15. The van der Waals surface area contributed by atoms with Gasteiger partial charge in [-0.25, -0.2) is 9.59 Å². The molecule has 1 heterocycles. The number of hydrogen-bond acceptors (Lipinski definition) is 8. The van der Waals surface area contributed by atoms with Crippen LogP contribution in [0.5, 0.6) is 11.5 Å². The zero-order valence-electron chi connectivity index (χ0n) is 17.0. The van der Waals surface area contributed by atoms with Crippen LogP contribution in [0.4, 0.5) is 11.5 Å². The van der Waals surface area contributed by atoms with Gasteiger partial charge in [0.05, 0.1) is 17.6 Å². The zero-order chi connectivity index (χ0) is 24.3. The Morgan fingerprint density at radius 1 is 1.09 bits per heavy atom. The van der Waals surface area contributed by atoms with E-state index in [1.807, 2.05) is 4.98 Å². The molecule has 0 aliphatic rings. The number of ether oxygens (including phenoxy) is 2. The van der Waals surface area contributed by atoms with Crippen molar-refractivity contribution in [2.45, 2.75) is 6.61 Å². The first-order valence-corrected chi connectivity index (χ1v) is 9.21. The number of hydrogen-bond donors (Lipinski definition) is 4. The molecular formula is C21H17N3O9. The Morgan fingerprint density at radius 3 is 2.36 bits per heavy atom. The van der Waals surface area contributed by atoms with Crippen molar-refractivity contribution in [3.05, 3.63) is 79.6 Å². The molecule has 0 spiro atoms. The lowest BCUT2D eigenvalue weighted by atomic mass is 9.95. The first-order valence-electron chi connectivity index (χ1n) is 9.21. The van der Waals surface area contributed by atoms with E-state index in [-0.39, 0.29) is 29.4 Å².